The molecule has 0 unspecified atom stereocenters. The molecule has 0 aromatic heterocycles. The van der Waals surface area contributed by atoms with Crippen molar-refractivity contribution in [2.45, 2.75) is 45.6 Å². The predicted octanol–water partition coefficient (Wildman–Crippen LogP) is 3.16. The first-order valence-electron chi connectivity index (χ1n) is 10.1. The first kappa shape index (κ1) is 22.8. The molecule has 0 radical (unpaired) electrons. The molecule has 7 heteroatoms. The fraction of sp³-hybridized carbons (Fsp3) is 0.619. The van der Waals surface area contributed by atoms with E-state index < -0.39 is 0 Å². The van der Waals surface area contributed by atoms with Crippen LogP contribution in [0.1, 0.15) is 44.6 Å². The van der Waals surface area contributed by atoms with Crippen molar-refractivity contribution in [1.29, 1.82) is 0 Å². The van der Waals surface area contributed by atoms with E-state index in [2.05, 4.69) is 27.4 Å². The molecule has 28 heavy (non-hydrogen) atoms. The quantitative estimate of drug-likeness (QED) is 0.358. The number of carbonyl (C=O) groups is 1. The molecule has 0 bridgehead atoms. The summed E-state index contributed by atoms with van der Waals surface area (Å²) < 4.78 is 5.15. The van der Waals surface area contributed by atoms with Crippen LogP contribution in [0.5, 0.6) is 5.75 Å². The van der Waals surface area contributed by atoms with Crippen LogP contribution < -0.4 is 15.4 Å². The third-order valence-corrected chi connectivity index (χ3v) is 5.76. The standard InChI is InChI=1S/C21H32N4O2.HI/c1-3-22-20(25-13-12-21(16-25)10-4-5-11-21)24-15-19(26)23-14-17-6-8-18(27-2)9-7-17;/h6-9H,3-5,10-16H2,1-2H3,(H,22,24)(H,23,26);1H. The average Bonchev–Trinajstić information content (AvgIpc) is 3.33. The number of carbonyl (C=O) groups excluding carboxylic acids is 1. The monoisotopic (exact) mass is 500 g/mol. The number of likely N-dealkylation sites (tertiary alicyclic amines) is 1. The lowest BCUT2D eigenvalue weighted by Gasteiger charge is -2.25. The lowest BCUT2D eigenvalue weighted by molar-refractivity contribution is -0.119. The highest BCUT2D eigenvalue weighted by Crippen LogP contribution is 2.45. The van der Waals surface area contributed by atoms with E-state index in [1.165, 1.54) is 32.1 Å². The summed E-state index contributed by atoms with van der Waals surface area (Å²) in [6, 6.07) is 7.71. The van der Waals surface area contributed by atoms with Crippen LogP contribution in [0.3, 0.4) is 0 Å². The second-order valence-corrected chi connectivity index (χ2v) is 7.67. The van der Waals surface area contributed by atoms with Crippen molar-refractivity contribution in [1.82, 2.24) is 15.5 Å². The normalized spacial score (nSPS) is 18.1. The Balaban J connectivity index is 0.00000280. The van der Waals surface area contributed by atoms with Gasteiger partial charge in [-0.05, 0) is 49.3 Å². The van der Waals surface area contributed by atoms with E-state index in [-0.39, 0.29) is 36.4 Å². The van der Waals surface area contributed by atoms with Gasteiger partial charge in [-0.2, -0.15) is 0 Å². The van der Waals surface area contributed by atoms with Gasteiger partial charge in [-0.15, -0.1) is 24.0 Å². The van der Waals surface area contributed by atoms with Crippen LogP contribution in [0, 0.1) is 5.41 Å². The summed E-state index contributed by atoms with van der Waals surface area (Å²) in [6.45, 7) is 5.66. The van der Waals surface area contributed by atoms with Crippen molar-refractivity contribution in [3.63, 3.8) is 0 Å². The highest BCUT2D eigenvalue weighted by atomic mass is 127. The molecule has 2 N–H and O–H groups in total. The molecule has 1 aliphatic carbocycles. The summed E-state index contributed by atoms with van der Waals surface area (Å²) in [7, 11) is 1.64. The molecule has 1 saturated carbocycles. The summed E-state index contributed by atoms with van der Waals surface area (Å²) in [5.41, 5.74) is 1.54. The summed E-state index contributed by atoms with van der Waals surface area (Å²) in [5, 5.41) is 6.29. The molecule has 6 nitrogen and oxygen atoms in total. The summed E-state index contributed by atoms with van der Waals surface area (Å²) in [5.74, 6) is 1.63. The molecule has 1 aromatic carbocycles. The van der Waals surface area contributed by atoms with Gasteiger partial charge in [-0.25, -0.2) is 4.99 Å². The molecule has 156 valence electrons. The Morgan fingerprint density at radius 1 is 1.18 bits per heavy atom. The Morgan fingerprint density at radius 3 is 2.54 bits per heavy atom. The topological polar surface area (TPSA) is 66.0 Å². The minimum atomic E-state index is -0.0593. The molecule has 2 aliphatic rings. The van der Waals surface area contributed by atoms with Gasteiger partial charge in [-0.3, -0.25) is 4.79 Å². The Morgan fingerprint density at radius 2 is 1.89 bits per heavy atom. The highest BCUT2D eigenvalue weighted by Gasteiger charge is 2.41. The molecular formula is C21H33IN4O2. The predicted molar refractivity (Wildman–Crippen MR) is 123 cm³/mol. The maximum atomic E-state index is 12.2. The number of nitrogens with zero attached hydrogens (tertiary/aromatic N) is 2. The number of halogens is 1. The molecule has 3 rings (SSSR count). The van der Waals surface area contributed by atoms with Crippen molar-refractivity contribution in [3.05, 3.63) is 29.8 Å². The number of rotatable bonds is 6. The minimum absolute atomic E-state index is 0. The summed E-state index contributed by atoms with van der Waals surface area (Å²) >= 11 is 0. The number of methoxy groups -OCH3 is 1. The van der Waals surface area contributed by atoms with Gasteiger partial charge in [0.2, 0.25) is 5.91 Å². The molecule has 1 spiro atoms. The molecule has 1 heterocycles. The van der Waals surface area contributed by atoms with Gasteiger partial charge in [0.15, 0.2) is 5.96 Å². The van der Waals surface area contributed by atoms with Crippen LogP contribution in [0.4, 0.5) is 0 Å². The Kier molecular flexibility index (Phi) is 8.85. The smallest absolute Gasteiger partial charge is 0.242 e. The van der Waals surface area contributed by atoms with Crippen molar-refractivity contribution >= 4 is 35.8 Å². The maximum Gasteiger partial charge on any atom is 0.242 e. The maximum absolute atomic E-state index is 12.2. The van der Waals surface area contributed by atoms with E-state index in [0.717, 1.165) is 36.9 Å². The van der Waals surface area contributed by atoms with Crippen LogP contribution in [0.2, 0.25) is 0 Å². The van der Waals surface area contributed by atoms with Crippen LogP contribution in [0.15, 0.2) is 29.3 Å². The van der Waals surface area contributed by atoms with E-state index in [1.54, 1.807) is 7.11 Å². The van der Waals surface area contributed by atoms with E-state index in [1.807, 2.05) is 24.3 Å². The van der Waals surface area contributed by atoms with Crippen LogP contribution in [-0.4, -0.2) is 50.1 Å². The van der Waals surface area contributed by atoms with Gasteiger partial charge in [0.05, 0.1) is 7.11 Å². The van der Waals surface area contributed by atoms with Gasteiger partial charge in [-0.1, -0.05) is 25.0 Å². The largest absolute Gasteiger partial charge is 0.497 e. The molecule has 1 aromatic rings. The van der Waals surface area contributed by atoms with Crippen molar-refractivity contribution in [2.75, 3.05) is 33.3 Å². The van der Waals surface area contributed by atoms with E-state index in [0.29, 0.717) is 12.0 Å². The van der Waals surface area contributed by atoms with E-state index in [4.69, 9.17) is 4.74 Å². The van der Waals surface area contributed by atoms with Crippen LogP contribution in [0.25, 0.3) is 0 Å². The molecule has 1 aliphatic heterocycles. The molecule has 1 amide bonds. The lowest BCUT2D eigenvalue weighted by Crippen LogP contribution is -2.41. The van der Waals surface area contributed by atoms with Gasteiger partial charge in [0, 0.05) is 26.2 Å². The second kappa shape index (κ2) is 10.9. The Bertz CT molecular complexity index is 657. The van der Waals surface area contributed by atoms with Crippen molar-refractivity contribution in [3.8, 4) is 5.75 Å². The Hall–Kier alpha value is -1.51. The number of guanidine groups is 1. The lowest BCUT2D eigenvalue weighted by atomic mass is 9.86. The van der Waals surface area contributed by atoms with Gasteiger partial charge >= 0.3 is 0 Å². The fourth-order valence-corrected chi connectivity index (χ4v) is 4.22. The molecule has 1 saturated heterocycles. The number of benzene rings is 1. The van der Waals surface area contributed by atoms with Crippen molar-refractivity contribution in [2.24, 2.45) is 10.4 Å². The van der Waals surface area contributed by atoms with Gasteiger partial charge < -0.3 is 20.3 Å². The number of ether oxygens (including phenoxy) is 1. The first-order valence-corrected chi connectivity index (χ1v) is 10.1. The zero-order valence-electron chi connectivity index (χ0n) is 17.0. The van der Waals surface area contributed by atoms with Crippen molar-refractivity contribution < 1.29 is 9.53 Å². The number of hydrogen-bond acceptors (Lipinski definition) is 3. The summed E-state index contributed by atoms with van der Waals surface area (Å²) in [6.07, 6.45) is 6.64. The molecular weight excluding hydrogens is 467 g/mol. The van der Waals surface area contributed by atoms with E-state index >= 15 is 0 Å². The van der Waals surface area contributed by atoms with Gasteiger partial charge in [0.1, 0.15) is 12.3 Å². The van der Waals surface area contributed by atoms with Gasteiger partial charge in [0.25, 0.3) is 0 Å². The fourth-order valence-electron chi connectivity index (χ4n) is 4.22. The average molecular weight is 500 g/mol. The Labute approximate surface area is 185 Å². The SMILES string of the molecule is CCNC(=NCC(=O)NCc1ccc(OC)cc1)N1CCC2(CCCC2)C1.I. The van der Waals surface area contributed by atoms with E-state index in [9.17, 15) is 4.79 Å². The molecule has 0 atom stereocenters. The van der Waals surface area contributed by atoms with Crippen LogP contribution in [-0.2, 0) is 11.3 Å². The third-order valence-electron chi connectivity index (χ3n) is 5.76. The summed E-state index contributed by atoms with van der Waals surface area (Å²) in [4.78, 5) is 19.2. The zero-order valence-corrected chi connectivity index (χ0v) is 19.3. The zero-order chi connectivity index (χ0) is 19.1. The first-order chi connectivity index (χ1) is 13.1. The van der Waals surface area contributed by atoms with Crippen LogP contribution >= 0.6 is 24.0 Å². The number of nitrogens with one attached hydrogen (secondary N) is 2. The number of amides is 1. The number of hydrogen-bond donors (Lipinski definition) is 2. The minimum Gasteiger partial charge on any atom is -0.497 e. The third kappa shape index (κ3) is 5.99. The highest BCUT2D eigenvalue weighted by molar-refractivity contribution is 14.0. The second-order valence-electron chi connectivity index (χ2n) is 7.67. The molecule has 2 fully saturated rings. The number of aliphatic imine (C=N–C) groups is 1.